The molecule has 98 valence electrons. The molecule has 0 spiro atoms. The maximum Gasteiger partial charge on any atom is 0.265 e. The largest absolute Gasteiger partial charge is 0.353 e. The monoisotopic (exact) mass is 276 g/mol. The Bertz CT molecular complexity index is 853. The zero-order valence-corrected chi connectivity index (χ0v) is 10.8. The maximum atomic E-state index is 10.8. The third-order valence-electron chi connectivity index (χ3n) is 3.10. The van der Waals surface area contributed by atoms with Crippen molar-refractivity contribution in [3.63, 3.8) is 0 Å². The Morgan fingerprint density at radius 1 is 1.16 bits per heavy atom. The van der Waals surface area contributed by atoms with Gasteiger partial charge in [0.15, 0.2) is 0 Å². The normalized spacial score (nSPS) is 12.3. The molecule has 1 aromatic carbocycles. The van der Waals surface area contributed by atoms with Crippen molar-refractivity contribution in [3.05, 3.63) is 42.2 Å². The van der Waals surface area contributed by atoms with Crippen molar-refractivity contribution in [1.82, 2.24) is 9.97 Å². The zero-order chi connectivity index (χ0) is 13.5. The van der Waals surface area contributed by atoms with Crippen molar-refractivity contribution in [2.45, 2.75) is 6.42 Å². The predicted octanol–water partition coefficient (Wildman–Crippen LogP) is 2.15. The second-order valence-electron chi connectivity index (χ2n) is 4.39. The number of H-pyrrole nitrogens is 1. The fraction of sp³-hybridized carbons (Fsp3) is 0.154. The molecule has 2 heterocycles. The smallest absolute Gasteiger partial charge is 0.265 e. The summed E-state index contributed by atoms with van der Waals surface area (Å²) in [5, 5.41) is 2.09. The second-order valence-corrected chi connectivity index (χ2v) is 5.96. The first-order valence-corrected chi connectivity index (χ1v) is 7.45. The molecule has 0 aliphatic heterocycles. The minimum atomic E-state index is -3.97. The van der Waals surface area contributed by atoms with E-state index in [9.17, 15) is 8.42 Å². The molecule has 0 bridgehead atoms. The first kappa shape index (κ1) is 12.1. The SMILES string of the molecule is O=S(=O)(O)CCc1nccc2c1[nH]c1ccccc12. The van der Waals surface area contributed by atoms with E-state index >= 15 is 0 Å². The molecule has 0 amide bonds. The number of fused-ring (bicyclic) bond motifs is 3. The van der Waals surface area contributed by atoms with Gasteiger partial charge in [-0.05, 0) is 12.1 Å². The second kappa shape index (κ2) is 4.32. The van der Waals surface area contributed by atoms with Crippen molar-refractivity contribution in [3.8, 4) is 0 Å². The van der Waals surface area contributed by atoms with E-state index in [1.54, 1.807) is 6.20 Å². The van der Waals surface area contributed by atoms with Gasteiger partial charge in [0.2, 0.25) is 0 Å². The number of rotatable bonds is 3. The van der Waals surface area contributed by atoms with Crippen LogP contribution in [0.25, 0.3) is 21.8 Å². The number of hydrogen-bond acceptors (Lipinski definition) is 3. The molecule has 0 fully saturated rings. The van der Waals surface area contributed by atoms with Crippen LogP contribution in [-0.4, -0.2) is 28.7 Å². The van der Waals surface area contributed by atoms with E-state index in [4.69, 9.17) is 4.55 Å². The van der Waals surface area contributed by atoms with E-state index in [-0.39, 0.29) is 12.2 Å². The number of aromatic amines is 1. The van der Waals surface area contributed by atoms with Gasteiger partial charge < -0.3 is 4.98 Å². The highest BCUT2D eigenvalue weighted by Crippen LogP contribution is 2.26. The van der Waals surface area contributed by atoms with Crippen molar-refractivity contribution in [1.29, 1.82) is 0 Å². The Hall–Kier alpha value is -1.92. The number of hydrogen-bond donors (Lipinski definition) is 2. The van der Waals surface area contributed by atoms with Crippen LogP contribution in [0.5, 0.6) is 0 Å². The van der Waals surface area contributed by atoms with E-state index in [1.807, 2.05) is 30.3 Å². The van der Waals surface area contributed by atoms with E-state index in [0.717, 1.165) is 21.8 Å². The Morgan fingerprint density at radius 3 is 2.74 bits per heavy atom. The molecule has 5 nitrogen and oxygen atoms in total. The Morgan fingerprint density at radius 2 is 1.95 bits per heavy atom. The van der Waals surface area contributed by atoms with Crippen LogP contribution in [0.4, 0.5) is 0 Å². The van der Waals surface area contributed by atoms with Gasteiger partial charge in [-0.15, -0.1) is 0 Å². The minimum Gasteiger partial charge on any atom is -0.353 e. The third-order valence-corrected chi connectivity index (χ3v) is 3.82. The van der Waals surface area contributed by atoms with Gasteiger partial charge >= 0.3 is 0 Å². The molecule has 0 radical (unpaired) electrons. The Labute approximate surface area is 110 Å². The van der Waals surface area contributed by atoms with Crippen LogP contribution < -0.4 is 0 Å². The van der Waals surface area contributed by atoms with E-state index in [0.29, 0.717) is 5.69 Å². The molecule has 19 heavy (non-hydrogen) atoms. The van der Waals surface area contributed by atoms with E-state index in [2.05, 4.69) is 9.97 Å². The van der Waals surface area contributed by atoms with Gasteiger partial charge in [0, 0.05) is 28.9 Å². The van der Waals surface area contributed by atoms with Gasteiger partial charge in [-0.2, -0.15) is 8.42 Å². The quantitative estimate of drug-likeness (QED) is 0.718. The summed E-state index contributed by atoms with van der Waals surface area (Å²) in [7, 11) is -3.97. The summed E-state index contributed by atoms with van der Waals surface area (Å²) in [6.07, 6.45) is 1.84. The molecule has 2 N–H and O–H groups in total. The third kappa shape index (κ3) is 2.32. The fourth-order valence-electron chi connectivity index (χ4n) is 2.25. The number of nitrogens with zero attached hydrogens (tertiary/aromatic N) is 1. The number of aromatic nitrogens is 2. The summed E-state index contributed by atoms with van der Waals surface area (Å²) in [4.78, 5) is 7.44. The lowest BCUT2D eigenvalue weighted by Crippen LogP contribution is -2.07. The van der Waals surface area contributed by atoms with Gasteiger partial charge in [-0.25, -0.2) is 0 Å². The summed E-state index contributed by atoms with van der Waals surface area (Å²) in [5.74, 6) is -0.325. The molecule has 0 saturated heterocycles. The first-order valence-electron chi connectivity index (χ1n) is 5.84. The lowest BCUT2D eigenvalue weighted by atomic mass is 10.1. The predicted molar refractivity (Wildman–Crippen MR) is 73.7 cm³/mol. The van der Waals surface area contributed by atoms with Crippen molar-refractivity contribution >= 4 is 31.9 Å². The van der Waals surface area contributed by atoms with Crippen LogP contribution in [0.1, 0.15) is 5.69 Å². The standard InChI is InChI=1S/C13H12N2O3S/c16-19(17,18)8-6-12-13-10(5-7-14-12)9-3-1-2-4-11(9)15-13/h1-5,7,15H,6,8H2,(H,16,17,18). The zero-order valence-electron chi connectivity index (χ0n) is 10.00. The van der Waals surface area contributed by atoms with Crippen LogP contribution >= 0.6 is 0 Å². The molecule has 6 heteroatoms. The maximum absolute atomic E-state index is 10.8. The highest BCUT2D eigenvalue weighted by molar-refractivity contribution is 7.85. The average molecular weight is 276 g/mol. The fourth-order valence-corrected chi connectivity index (χ4v) is 2.70. The van der Waals surface area contributed by atoms with E-state index in [1.165, 1.54) is 0 Å². The molecule has 0 unspecified atom stereocenters. The summed E-state index contributed by atoms with van der Waals surface area (Å²) < 4.78 is 30.5. The number of para-hydroxylation sites is 1. The summed E-state index contributed by atoms with van der Waals surface area (Å²) >= 11 is 0. The first-order chi connectivity index (χ1) is 9.04. The molecule has 3 rings (SSSR count). The van der Waals surface area contributed by atoms with Gasteiger partial charge in [-0.1, -0.05) is 18.2 Å². The van der Waals surface area contributed by atoms with Crippen LogP contribution in [0.2, 0.25) is 0 Å². The Balaban J connectivity index is 2.15. The topological polar surface area (TPSA) is 83.1 Å². The summed E-state index contributed by atoms with van der Waals surface area (Å²) in [6.45, 7) is 0. The van der Waals surface area contributed by atoms with Crippen LogP contribution in [-0.2, 0) is 16.5 Å². The number of nitrogens with one attached hydrogen (secondary N) is 1. The molecule has 3 aromatic rings. The molecule has 0 saturated carbocycles. The van der Waals surface area contributed by atoms with Gasteiger partial charge in [0.25, 0.3) is 10.1 Å². The average Bonchev–Trinajstić information content (AvgIpc) is 2.74. The molecular formula is C13H12N2O3S. The number of pyridine rings is 1. The lowest BCUT2D eigenvalue weighted by molar-refractivity contribution is 0.482. The molecule has 0 atom stereocenters. The number of benzene rings is 1. The van der Waals surface area contributed by atoms with E-state index < -0.39 is 10.1 Å². The highest BCUT2D eigenvalue weighted by Gasteiger charge is 2.11. The molecule has 0 aliphatic carbocycles. The highest BCUT2D eigenvalue weighted by atomic mass is 32.2. The van der Waals surface area contributed by atoms with Crippen LogP contribution in [0.15, 0.2) is 36.5 Å². The van der Waals surface area contributed by atoms with Crippen LogP contribution in [0, 0.1) is 0 Å². The molecule has 2 aromatic heterocycles. The van der Waals surface area contributed by atoms with Crippen molar-refractivity contribution < 1.29 is 13.0 Å². The van der Waals surface area contributed by atoms with Gasteiger partial charge in [-0.3, -0.25) is 9.54 Å². The van der Waals surface area contributed by atoms with Crippen LogP contribution in [0.3, 0.4) is 0 Å². The number of aryl methyl sites for hydroxylation is 1. The van der Waals surface area contributed by atoms with Crippen molar-refractivity contribution in [2.24, 2.45) is 0 Å². The lowest BCUT2D eigenvalue weighted by Gasteiger charge is -2.00. The van der Waals surface area contributed by atoms with Crippen molar-refractivity contribution in [2.75, 3.05) is 5.75 Å². The summed E-state index contributed by atoms with van der Waals surface area (Å²) in [6, 6.07) is 9.74. The van der Waals surface area contributed by atoms with Gasteiger partial charge in [0.05, 0.1) is 17.0 Å². The van der Waals surface area contributed by atoms with Gasteiger partial charge in [0.1, 0.15) is 0 Å². The minimum absolute atomic E-state index is 0.184. The summed E-state index contributed by atoms with van der Waals surface area (Å²) in [5.41, 5.74) is 2.46. The molecular weight excluding hydrogens is 264 g/mol. The Kier molecular flexibility index (Phi) is 2.76. The molecule has 0 aliphatic rings.